The summed E-state index contributed by atoms with van der Waals surface area (Å²) in [4.78, 5) is 12.1. The number of aryl methyl sites for hydroxylation is 1. The summed E-state index contributed by atoms with van der Waals surface area (Å²) in [6, 6.07) is 14.5. The van der Waals surface area contributed by atoms with E-state index in [0.29, 0.717) is 6.54 Å². The van der Waals surface area contributed by atoms with Gasteiger partial charge in [-0.1, -0.05) is 29.8 Å². The lowest BCUT2D eigenvalue weighted by molar-refractivity contribution is 0.0956. The number of carbonyl (C=O) groups excluding carboxylic acids is 1. The Balaban J connectivity index is 2.18. The van der Waals surface area contributed by atoms with Crippen molar-refractivity contribution in [1.29, 1.82) is 0 Å². The molecule has 3 rings (SSSR count). The second-order valence-electron chi connectivity index (χ2n) is 5.08. The zero-order valence-electron chi connectivity index (χ0n) is 12.1. The molecule has 1 heterocycles. The van der Waals surface area contributed by atoms with E-state index in [-0.39, 0.29) is 5.91 Å². The molecule has 0 saturated heterocycles. The summed E-state index contributed by atoms with van der Waals surface area (Å²) in [6.45, 7) is 4.65. The number of nitrogens with one attached hydrogen (secondary N) is 1. The minimum atomic E-state index is -0.0128. The first kappa shape index (κ1) is 13.8. The van der Waals surface area contributed by atoms with Crippen molar-refractivity contribution in [1.82, 2.24) is 5.32 Å². The third-order valence-corrected chi connectivity index (χ3v) is 4.40. The smallest absolute Gasteiger partial charge is 0.251 e. The molecule has 0 spiro atoms. The molecule has 1 N–H and O–H groups in total. The van der Waals surface area contributed by atoms with E-state index in [4.69, 9.17) is 0 Å². The Bertz CT molecular complexity index is 787. The average Bonchev–Trinajstić information content (AvgIpc) is 2.95. The van der Waals surface area contributed by atoms with Crippen molar-refractivity contribution in [2.24, 2.45) is 0 Å². The standard InChI is InChI=1S/C18H17NOS/c1-3-19-18(20)14-10-16(13-6-4-12(2)5-7-13)15-8-9-21-17(15)11-14/h4-11H,3H2,1-2H3,(H,19,20). The molecule has 0 radical (unpaired) electrons. The van der Waals surface area contributed by atoms with E-state index in [1.807, 2.05) is 19.1 Å². The van der Waals surface area contributed by atoms with Gasteiger partial charge in [0.25, 0.3) is 5.91 Å². The highest BCUT2D eigenvalue weighted by molar-refractivity contribution is 7.17. The topological polar surface area (TPSA) is 29.1 Å². The molecule has 2 aromatic carbocycles. The van der Waals surface area contributed by atoms with E-state index in [2.05, 4.69) is 48.0 Å². The van der Waals surface area contributed by atoms with Crippen LogP contribution >= 0.6 is 11.3 Å². The summed E-state index contributed by atoms with van der Waals surface area (Å²) >= 11 is 1.67. The van der Waals surface area contributed by atoms with E-state index in [1.54, 1.807) is 11.3 Å². The molecule has 0 aliphatic carbocycles. The van der Waals surface area contributed by atoms with Crippen LogP contribution in [0.1, 0.15) is 22.8 Å². The molecule has 0 atom stereocenters. The maximum absolute atomic E-state index is 12.1. The first-order valence-electron chi connectivity index (χ1n) is 7.05. The molecule has 1 aromatic heterocycles. The van der Waals surface area contributed by atoms with Gasteiger partial charge in [-0.15, -0.1) is 11.3 Å². The van der Waals surface area contributed by atoms with Crippen LogP contribution in [0.5, 0.6) is 0 Å². The number of fused-ring (bicyclic) bond motifs is 1. The molecule has 3 heteroatoms. The van der Waals surface area contributed by atoms with Crippen molar-refractivity contribution in [3.63, 3.8) is 0 Å². The highest BCUT2D eigenvalue weighted by Crippen LogP contribution is 2.33. The van der Waals surface area contributed by atoms with Gasteiger partial charge in [0.2, 0.25) is 0 Å². The van der Waals surface area contributed by atoms with Gasteiger partial charge in [-0.25, -0.2) is 0 Å². The lowest BCUT2D eigenvalue weighted by Crippen LogP contribution is -2.22. The predicted octanol–water partition coefficient (Wildman–Crippen LogP) is 4.63. The maximum Gasteiger partial charge on any atom is 0.251 e. The second kappa shape index (κ2) is 5.70. The normalized spacial score (nSPS) is 10.8. The first-order chi connectivity index (χ1) is 10.2. The van der Waals surface area contributed by atoms with Crippen molar-refractivity contribution < 1.29 is 4.79 Å². The van der Waals surface area contributed by atoms with Crippen LogP contribution < -0.4 is 5.32 Å². The van der Waals surface area contributed by atoms with E-state index >= 15 is 0 Å². The summed E-state index contributed by atoms with van der Waals surface area (Å²) in [5.41, 5.74) is 4.23. The molecule has 0 aliphatic heterocycles. The van der Waals surface area contributed by atoms with Crippen molar-refractivity contribution >= 4 is 27.3 Å². The van der Waals surface area contributed by atoms with Crippen LogP contribution in [0.3, 0.4) is 0 Å². The molecule has 0 unspecified atom stereocenters. The molecule has 0 bridgehead atoms. The minimum Gasteiger partial charge on any atom is -0.352 e. The maximum atomic E-state index is 12.1. The molecular weight excluding hydrogens is 278 g/mol. The first-order valence-corrected chi connectivity index (χ1v) is 7.93. The van der Waals surface area contributed by atoms with Gasteiger partial charge in [-0.3, -0.25) is 4.79 Å². The van der Waals surface area contributed by atoms with Crippen molar-refractivity contribution in [3.8, 4) is 11.1 Å². The summed E-state index contributed by atoms with van der Waals surface area (Å²) in [5.74, 6) is -0.0128. The number of hydrogen-bond donors (Lipinski definition) is 1. The number of carbonyl (C=O) groups is 1. The Kier molecular flexibility index (Phi) is 3.76. The van der Waals surface area contributed by atoms with Crippen LogP contribution in [0.2, 0.25) is 0 Å². The Morgan fingerprint density at radius 1 is 1.14 bits per heavy atom. The predicted molar refractivity (Wildman–Crippen MR) is 90.0 cm³/mol. The lowest BCUT2D eigenvalue weighted by atomic mass is 9.98. The number of hydrogen-bond acceptors (Lipinski definition) is 2. The summed E-state index contributed by atoms with van der Waals surface area (Å²) in [6.07, 6.45) is 0. The Labute approximate surface area is 128 Å². The van der Waals surface area contributed by atoms with E-state index in [1.165, 1.54) is 10.9 Å². The van der Waals surface area contributed by atoms with Gasteiger partial charge in [-0.05, 0) is 48.6 Å². The minimum absolute atomic E-state index is 0.0128. The quantitative estimate of drug-likeness (QED) is 0.750. The van der Waals surface area contributed by atoms with Crippen LogP contribution in [-0.2, 0) is 0 Å². The molecule has 106 valence electrons. The van der Waals surface area contributed by atoms with Gasteiger partial charge in [0.1, 0.15) is 0 Å². The van der Waals surface area contributed by atoms with Crippen LogP contribution in [0.15, 0.2) is 47.8 Å². The molecule has 21 heavy (non-hydrogen) atoms. The van der Waals surface area contributed by atoms with Gasteiger partial charge >= 0.3 is 0 Å². The third-order valence-electron chi connectivity index (χ3n) is 3.53. The fourth-order valence-corrected chi connectivity index (χ4v) is 3.29. The monoisotopic (exact) mass is 295 g/mol. The van der Waals surface area contributed by atoms with Crippen molar-refractivity contribution in [2.75, 3.05) is 6.54 Å². The molecule has 0 fully saturated rings. The van der Waals surface area contributed by atoms with Crippen LogP contribution in [0.4, 0.5) is 0 Å². The number of benzene rings is 2. The van der Waals surface area contributed by atoms with Gasteiger partial charge in [-0.2, -0.15) is 0 Å². The molecule has 3 aromatic rings. The Morgan fingerprint density at radius 2 is 1.90 bits per heavy atom. The highest BCUT2D eigenvalue weighted by Gasteiger charge is 2.11. The average molecular weight is 295 g/mol. The second-order valence-corrected chi connectivity index (χ2v) is 6.03. The molecular formula is C18H17NOS. The van der Waals surface area contributed by atoms with Crippen LogP contribution in [-0.4, -0.2) is 12.5 Å². The fourth-order valence-electron chi connectivity index (χ4n) is 2.44. The van der Waals surface area contributed by atoms with E-state index in [0.717, 1.165) is 21.4 Å². The van der Waals surface area contributed by atoms with Crippen molar-refractivity contribution in [2.45, 2.75) is 13.8 Å². The summed E-state index contributed by atoms with van der Waals surface area (Å²) < 4.78 is 1.15. The van der Waals surface area contributed by atoms with Crippen LogP contribution in [0, 0.1) is 6.92 Å². The Hall–Kier alpha value is -2.13. The molecule has 0 aliphatic rings. The van der Waals surface area contributed by atoms with E-state index < -0.39 is 0 Å². The fraction of sp³-hybridized carbons (Fsp3) is 0.167. The molecule has 0 saturated carbocycles. The molecule has 2 nitrogen and oxygen atoms in total. The highest BCUT2D eigenvalue weighted by atomic mass is 32.1. The number of thiophene rings is 1. The van der Waals surface area contributed by atoms with Gasteiger partial charge < -0.3 is 5.32 Å². The van der Waals surface area contributed by atoms with Crippen molar-refractivity contribution in [3.05, 3.63) is 59.0 Å². The zero-order chi connectivity index (χ0) is 14.8. The van der Waals surface area contributed by atoms with Crippen LogP contribution in [0.25, 0.3) is 21.2 Å². The summed E-state index contributed by atoms with van der Waals surface area (Å²) in [5, 5.41) is 6.15. The SMILES string of the molecule is CCNC(=O)c1cc(-c2ccc(C)cc2)c2ccsc2c1. The van der Waals surface area contributed by atoms with E-state index in [9.17, 15) is 4.79 Å². The zero-order valence-corrected chi connectivity index (χ0v) is 13.0. The Morgan fingerprint density at radius 3 is 2.62 bits per heavy atom. The number of amides is 1. The largest absolute Gasteiger partial charge is 0.352 e. The van der Waals surface area contributed by atoms with Gasteiger partial charge in [0.05, 0.1) is 0 Å². The summed E-state index contributed by atoms with van der Waals surface area (Å²) in [7, 11) is 0. The lowest BCUT2D eigenvalue weighted by Gasteiger charge is -2.08. The number of rotatable bonds is 3. The molecule has 1 amide bonds. The van der Waals surface area contributed by atoms with Gasteiger partial charge in [0, 0.05) is 22.2 Å². The van der Waals surface area contributed by atoms with Gasteiger partial charge in [0.15, 0.2) is 0 Å². The third kappa shape index (κ3) is 2.69.